The fourth-order valence-electron chi connectivity index (χ4n) is 2.48. The molecule has 2 N–H and O–H groups in total. The van der Waals surface area contributed by atoms with Crippen molar-refractivity contribution in [2.45, 2.75) is 6.18 Å². The summed E-state index contributed by atoms with van der Waals surface area (Å²) < 4.78 is 44.2. The van der Waals surface area contributed by atoms with Gasteiger partial charge in [0.15, 0.2) is 10.9 Å². The smallest absolute Gasteiger partial charge is 0.416 e. The summed E-state index contributed by atoms with van der Waals surface area (Å²) in [4.78, 5) is 24.8. The normalized spacial score (nSPS) is 15.8. The van der Waals surface area contributed by atoms with Gasteiger partial charge in [0, 0.05) is 0 Å². The second kappa shape index (κ2) is 8.26. The van der Waals surface area contributed by atoms with E-state index in [1.54, 1.807) is 30.3 Å². The fraction of sp³-hybridized carbons (Fsp3) is 0.105. The monoisotopic (exact) mass is 438 g/mol. The van der Waals surface area contributed by atoms with E-state index < -0.39 is 23.6 Å². The van der Waals surface area contributed by atoms with Crippen LogP contribution in [0.15, 0.2) is 53.4 Å². The minimum Gasteiger partial charge on any atom is -0.484 e. The Morgan fingerprint density at radius 1 is 1.21 bits per heavy atom. The van der Waals surface area contributed by atoms with Crippen LogP contribution in [0, 0.1) is 0 Å². The molecule has 3 rings (SSSR count). The summed E-state index contributed by atoms with van der Waals surface area (Å²) in [6.45, 7) is -0.255. The summed E-state index contributed by atoms with van der Waals surface area (Å²) >= 11 is 6.19. The van der Waals surface area contributed by atoms with Crippen molar-refractivity contribution in [1.29, 1.82) is 0 Å². The molecule has 2 amide bonds. The molecule has 2 aromatic rings. The van der Waals surface area contributed by atoms with E-state index in [0.29, 0.717) is 11.3 Å². The summed E-state index contributed by atoms with van der Waals surface area (Å²) in [6, 6.07) is 11.0. The SMILES string of the molecule is NC(=O)COc1ccc(C=C2SC(=S)N(c3cccc(C(F)(F)F)c3)C2=O)cc1. The molecule has 0 aromatic heterocycles. The van der Waals surface area contributed by atoms with Crippen LogP contribution in [0.4, 0.5) is 18.9 Å². The highest BCUT2D eigenvalue weighted by Crippen LogP contribution is 2.38. The number of thiocarbonyl (C=S) groups is 1. The van der Waals surface area contributed by atoms with E-state index >= 15 is 0 Å². The average molecular weight is 438 g/mol. The molecule has 0 saturated carbocycles. The third-order valence-corrected chi connectivity index (χ3v) is 5.09. The molecule has 0 aliphatic carbocycles. The zero-order valence-electron chi connectivity index (χ0n) is 14.6. The molecule has 1 aliphatic rings. The number of primary amides is 1. The van der Waals surface area contributed by atoms with E-state index in [0.717, 1.165) is 28.8 Å². The van der Waals surface area contributed by atoms with Crippen LogP contribution in [-0.4, -0.2) is 22.7 Å². The van der Waals surface area contributed by atoms with Crippen LogP contribution in [0.1, 0.15) is 11.1 Å². The lowest BCUT2D eigenvalue weighted by atomic mass is 10.1. The maximum atomic E-state index is 13.0. The Labute approximate surface area is 173 Å². The van der Waals surface area contributed by atoms with E-state index in [4.69, 9.17) is 22.7 Å². The molecule has 1 saturated heterocycles. The van der Waals surface area contributed by atoms with Crippen molar-refractivity contribution in [2.75, 3.05) is 11.5 Å². The van der Waals surface area contributed by atoms with Crippen LogP contribution < -0.4 is 15.4 Å². The maximum Gasteiger partial charge on any atom is 0.416 e. The molecule has 1 fully saturated rings. The molecule has 0 spiro atoms. The second-order valence-electron chi connectivity index (χ2n) is 5.89. The topological polar surface area (TPSA) is 72.6 Å². The minimum atomic E-state index is -4.52. The van der Waals surface area contributed by atoms with Crippen molar-refractivity contribution in [2.24, 2.45) is 5.73 Å². The predicted octanol–water partition coefficient (Wildman–Crippen LogP) is 3.98. The third kappa shape index (κ3) is 4.96. The van der Waals surface area contributed by atoms with Gasteiger partial charge in [0.05, 0.1) is 16.2 Å². The molecule has 2 aromatic carbocycles. The Balaban J connectivity index is 1.81. The maximum absolute atomic E-state index is 13.0. The lowest BCUT2D eigenvalue weighted by Gasteiger charge is -2.16. The molecule has 0 atom stereocenters. The molecule has 150 valence electrons. The van der Waals surface area contributed by atoms with E-state index in [1.807, 2.05) is 0 Å². The van der Waals surface area contributed by atoms with Crippen molar-refractivity contribution >= 4 is 51.9 Å². The van der Waals surface area contributed by atoms with Crippen molar-refractivity contribution in [3.63, 3.8) is 0 Å². The van der Waals surface area contributed by atoms with Gasteiger partial charge in [-0.2, -0.15) is 13.2 Å². The molecule has 29 heavy (non-hydrogen) atoms. The highest BCUT2D eigenvalue weighted by atomic mass is 32.2. The number of alkyl halides is 3. The number of halogens is 3. The third-order valence-electron chi connectivity index (χ3n) is 3.78. The van der Waals surface area contributed by atoms with Gasteiger partial charge >= 0.3 is 6.18 Å². The minimum absolute atomic E-state index is 0.0564. The molecule has 10 heteroatoms. The van der Waals surface area contributed by atoms with Crippen LogP contribution in [0.25, 0.3) is 6.08 Å². The van der Waals surface area contributed by atoms with Gasteiger partial charge < -0.3 is 10.5 Å². The Bertz CT molecular complexity index is 1000. The number of nitrogens with two attached hydrogens (primary N) is 1. The summed E-state index contributed by atoms with van der Waals surface area (Å²) in [6.07, 6.45) is -2.95. The van der Waals surface area contributed by atoms with Crippen molar-refractivity contribution in [3.8, 4) is 5.75 Å². The second-order valence-corrected chi connectivity index (χ2v) is 7.56. The molecule has 0 bridgehead atoms. The number of carbonyl (C=O) groups excluding carboxylic acids is 2. The highest BCUT2D eigenvalue weighted by molar-refractivity contribution is 8.27. The number of nitrogens with zero attached hydrogens (tertiary/aromatic N) is 1. The standard InChI is InChI=1S/C19H13F3N2O3S2/c20-19(21,22)12-2-1-3-13(9-12)24-17(26)15(29-18(24)28)8-11-4-6-14(7-5-11)27-10-16(23)25/h1-9H,10H2,(H2,23,25). The first-order valence-electron chi connectivity index (χ1n) is 8.11. The van der Waals surface area contributed by atoms with Crippen molar-refractivity contribution < 1.29 is 27.5 Å². The van der Waals surface area contributed by atoms with Crippen LogP contribution in [-0.2, 0) is 15.8 Å². The van der Waals surface area contributed by atoms with Gasteiger partial charge in [-0.1, -0.05) is 42.2 Å². The van der Waals surface area contributed by atoms with Crippen LogP contribution in [0.2, 0.25) is 0 Å². The molecule has 1 aliphatic heterocycles. The summed E-state index contributed by atoms with van der Waals surface area (Å²) in [5, 5.41) is 0. The summed E-state index contributed by atoms with van der Waals surface area (Å²) in [5.41, 5.74) is 4.86. The quantitative estimate of drug-likeness (QED) is 0.565. The Hall–Kier alpha value is -2.85. The number of amides is 2. The first-order valence-corrected chi connectivity index (χ1v) is 9.34. The Morgan fingerprint density at radius 2 is 1.90 bits per heavy atom. The van der Waals surface area contributed by atoms with E-state index in [2.05, 4.69) is 0 Å². The lowest BCUT2D eigenvalue weighted by Crippen LogP contribution is -2.27. The van der Waals surface area contributed by atoms with E-state index in [-0.39, 0.29) is 21.5 Å². The molecule has 1 heterocycles. The van der Waals surface area contributed by atoms with Gasteiger partial charge in [0.2, 0.25) is 0 Å². The van der Waals surface area contributed by atoms with Crippen LogP contribution in [0.3, 0.4) is 0 Å². The molecular formula is C19H13F3N2O3S2. The number of rotatable bonds is 5. The van der Waals surface area contributed by atoms with Crippen molar-refractivity contribution in [1.82, 2.24) is 0 Å². The number of hydrogen-bond donors (Lipinski definition) is 1. The molecular weight excluding hydrogens is 425 g/mol. The Morgan fingerprint density at radius 3 is 2.52 bits per heavy atom. The van der Waals surface area contributed by atoms with Gasteiger partial charge in [-0.05, 0) is 42.0 Å². The zero-order valence-corrected chi connectivity index (χ0v) is 16.2. The van der Waals surface area contributed by atoms with E-state index in [1.165, 1.54) is 12.1 Å². The predicted molar refractivity (Wildman–Crippen MR) is 108 cm³/mol. The van der Waals surface area contributed by atoms with Crippen molar-refractivity contribution in [3.05, 3.63) is 64.6 Å². The molecule has 0 unspecified atom stereocenters. The van der Waals surface area contributed by atoms with E-state index in [9.17, 15) is 22.8 Å². The van der Waals surface area contributed by atoms with Crippen LogP contribution in [0.5, 0.6) is 5.75 Å². The molecule has 0 radical (unpaired) electrons. The fourth-order valence-corrected chi connectivity index (χ4v) is 3.78. The van der Waals surface area contributed by atoms with Gasteiger partial charge in [-0.25, -0.2) is 0 Å². The van der Waals surface area contributed by atoms with Gasteiger partial charge in [-0.15, -0.1) is 0 Å². The number of ether oxygens (including phenoxy) is 1. The highest BCUT2D eigenvalue weighted by Gasteiger charge is 2.36. The number of hydrogen-bond acceptors (Lipinski definition) is 5. The van der Waals surface area contributed by atoms with Gasteiger partial charge in [-0.3, -0.25) is 14.5 Å². The van der Waals surface area contributed by atoms with Crippen LogP contribution >= 0.6 is 24.0 Å². The largest absolute Gasteiger partial charge is 0.484 e. The first-order chi connectivity index (χ1) is 13.6. The average Bonchev–Trinajstić information content (AvgIpc) is 2.94. The number of benzene rings is 2. The number of anilines is 1. The lowest BCUT2D eigenvalue weighted by molar-refractivity contribution is -0.137. The summed E-state index contributed by atoms with van der Waals surface area (Å²) in [7, 11) is 0. The number of thioether (sulfide) groups is 1. The zero-order chi connectivity index (χ0) is 21.2. The first kappa shape index (κ1) is 20.9. The van der Waals surface area contributed by atoms with Gasteiger partial charge in [0.25, 0.3) is 11.8 Å². The number of carbonyl (C=O) groups is 2. The molecule has 5 nitrogen and oxygen atoms in total. The van der Waals surface area contributed by atoms with Gasteiger partial charge in [0.1, 0.15) is 5.75 Å². The summed E-state index contributed by atoms with van der Waals surface area (Å²) in [5.74, 6) is -0.682. The Kier molecular flexibility index (Phi) is 5.94.